The Bertz CT molecular complexity index is 1020. The van der Waals surface area contributed by atoms with Crippen LogP contribution in [0.15, 0.2) is 54.6 Å². The predicted octanol–water partition coefficient (Wildman–Crippen LogP) is 0.508. The van der Waals surface area contributed by atoms with E-state index in [1.165, 1.54) is 16.0 Å². The van der Waals surface area contributed by atoms with Gasteiger partial charge in [-0.25, -0.2) is 4.68 Å². The maximum absolute atomic E-state index is 12.8. The Balaban J connectivity index is 1.61. The van der Waals surface area contributed by atoms with Gasteiger partial charge in [-0.1, -0.05) is 35.9 Å². The van der Waals surface area contributed by atoms with Crippen molar-refractivity contribution in [2.24, 2.45) is 0 Å². The van der Waals surface area contributed by atoms with E-state index >= 15 is 0 Å². The maximum Gasteiger partial charge on any atom is 0.280 e. The summed E-state index contributed by atoms with van der Waals surface area (Å²) in [5.41, 5.74) is 5.25. The van der Waals surface area contributed by atoms with Crippen LogP contribution in [0.3, 0.4) is 0 Å². The van der Waals surface area contributed by atoms with E-state index in [9.17, 15) is 4.79 Å². The van der Waals surface area contributed by atoms with E-state index < -0.39 is 0 Å². The summed E-state index contributed by atoms with van der Waals surface area (Å²) in [5.74, 6) is 0.746. The Morgan fingerprint density at radius 2 is 1.77 bits per heavy atom. The fourth-order valence-corrected chi connectivity index (χ4v) is 4.00. The van der Waals surface area contributed by atoms with Gasteiger partial charge in [0.05, 0.1) is 18.4 Å². The zero-order chi connectivity index (χ0) is 21.1. The Hall–Kier alpha value is -2.96. The molecule has 2 heterocycles. The first-order chi connectivity index (χ1) is 14.5. The molecule has 1 aliphatic heterocycles. The highest BCUT2D eigenvalue weighted by atomic mass is 16.2. The van der Waals surface area contributed by atoms with Crippen LogP contribution in [-0.2, 0) is 4.79 Å². The first-order valence-electron chi connectivity index (χ1n) is 10.7. The average molecular weight is 406 g/mol. The molecule has 1 fully saturated rings. The number of amides is 1. The fourth-order valence-electron chi connectivity index (χ4n) is 4.00. The molecule has 0 saturated carbocycles. The number of aromatic nitrogens is 2. The molecule has 0 bridgehead atoms. The van der Waals surface area contributed by atoms with Gasteiger partial charge in [-0.3, -0.25) is 4.79 Å². The minimum Gasteiger partial charge on any atom is -0.328 e. The van der Waals surface area contributed by atoms with Gasteiger partial charge in [0, 0.05) is 11.6 Å². The van der Waals surface area contributed by atoms with Crippen LogP contribution < -0.4 is 15.1 Å². The van der Waals surface area contributed by atoms with Crippen molar-refractivity contribution < 1.29 is 14.6 Å². The molecule has 1 aliphatic rings. The van der Waals surface area contributed by atoms with Crippen molar-refractivity contribution in [1.82, 2.24) is 9.78 Å². The number of carbonyl (C=O) groups is 1. The Morgan fingerprint density at radius 3 is 2.50 bits per heavy atom. The van der Waals surface area contributed by atoms with E-state index in [1.807, 2.05) is 41.1 Å². The molecule has 0 radical (unpaired) electrons. The Kier molecular flexibility index (Phi) is 5.97. The molecule has 2 aromatic carbocycles. The molecular weight excluding hydrogens is 374 g/mol. The predicted molar refractivity (Wildman–Crippen MR) is 119 cm³/mol. The summed E-state index contributed by atoms with van der Waals surface area (Å²) in [7, 11) is 2.21. The summed E-state index contributed by atoms with van der Waals surface area (Å²) < 4.78 is 1.83. The molecule has 30 heavy (non-hydrogen) atoms. The third-order valence-corrected chi connectivity index (χ3v) is 5.87. The minimum atomic E-state index is 0.0362. The SMILES string of the molecule is Cc1ccc(C)c(-c2cc(NC(=O)C[NH+]3CC[NH+](C)CC3)n(-c3ccccc3)n2)c1. The van der Waals surface area contributed by atoms with Crippen molar-refractivity contribution in [3.05, 3.63) is 65.7 Å². The molecule has 0 aliphatic carbocycles. The topological polar surface area (TPSA) is 55.8 Å². The number of carbonyl (C=O) groups excluding carboxylic acids is 1. The largest absolute Gasteiger partial charge is 0.328 e. The number of nitrogens with zero attached hydrogens (tertiary/aromatic N) is 2. The summed E-state index contributed by atoms with van der Waals surface area (Å²) in [4.78, 5) is 15.7. The van der Waals surface area contributed by atoms with Gasteiger partial charge in [-0.05, 0) is 37.6 Å². The second-order valence-electron chi connectivity index (χ2n) is 8.41. The van der Waals surface area contributed by atoms with Gasteiger partial charge in [0.2, 0.25) is 0 Å². The number of anilines is 1. The number of hydrogen-bond donors (Lipinski definition) is 3. The van der Waals surface area contributed by atoms with Gasteiger partial charge < -0.3 is 15.1 Å². The number of quaternary nitrogens is 2. The summed E-state index contributed by atoms with van der Waals surface area (Å²) in [6.07, 6.45) is 0. The lowest BCUT2D eigenvalue weighted by atomic mass is 10.0. The molecule has 6 heteroatoms. The van der Waals surface area contributed by atoms with Crippen LogP contribution in [0.2, 0.25) is 0 Å². The summed E-state index contributed by atoms with van der Waals surface area (Å²) >= 11 is 0. The number of likely N-dealkylation sites (N-methyl/N-ethyl adjacent to an activating group) is 1. The van der Waals surface area contributed by atoms with Gasteiger partial charge in [0.15, 0.2) is 6.54 Å². The standard InChI is InChI=1S/C24H29N5O/c1-18-9-10-19(2)21(15-18)22-16-23(29(26-22)20-7-5-4-6-8-20)25-24(30)17-28-13-11-27(3)12-14-28/h4-10,15-16H,11-14,17H2,1-3H3,(H,25,30)/p+2. The van der Waals surface area contributed by atoms with Crippen LogP contribution in [-0.4, -0.2) is 55.5 Å². The number of piperazine rings is 1. The second-order valence-corrected chi connectivity index (χ2v) is 8.41. The molecule has 0 atom stereocenters. The van der Waals surface area contributed by atoms with Gasteiger partial charge >= 0.3 is 0 Å². The summed E-state index contributed by atoms with van der Waals surface area (Å²) in [6, 6.07) is 18.3. The average Bonchev–Trinajstić information content (AvgIpc) is 3.15. The molecule has 3 N–H and O–H groups in total. The lowest BCUT2D eigenvalue weighted by molar-refractivity contribution is -0.999. The molecule has 1 saturated heterocycles. The van der Waals surface area contributed by atoms with Crippen LogP contribution in [0, 0.1) is 13.8 Å². The van der Waals surface area contributed by atoms with Gasteiger partial charge in [-0.2, -0.15) is 5.10 Å². The maximum atomic E-state index is 12.8. The first-order valence-corrected chi connectivity index (χ1v) is 10.7. The third kappa shape index (κ3) is 4.61. The van der Waals surface area contributed by atoms with E-state index in [0.717, 1.165) is 43.1 Å². The van der Waals surface area contributed by atoms with Crippen molar-refractivity contribution in [1.29, 1.82) is 0 Å². The van der Waals surface area contributed by atoms with E-state index in [0.29, 0.717) is 12.4 Å². The van der Waals surface area contributed by atoms with Crippen LogP contribution in [0.5, 0.6) is 0 Å². The monoisotopic (exact) mass is 405 g/mol. The number of rotatable bonds is 5. The number of para-hydroxylation sites is 1. The van der Waals surface area contributed by atoms with Gasteiger partial charge in [0.25, 0.3) is 5.91 Å². The highest BCUT2D eigenvalue weighted by molar-refractivity contribution is 5.91. The second kappa shape index (κ2) is 8.81. The molecule has 4 rings (SSSR count). The van der Waals surface area contributed by atoms with E-state index in [-0.39, 0.29) is 5.91 Å². The molecular formula is C24H31N5O+2. The van der Waals surface area contributed by atoms with Crippen molar-refractivity contribution in [3.8, 4) is 16.9 Å². The fraction of sp³-hybridized carbons (Fsp3) is 0.333. The normalized spacial score (nSPS) is 18.9. The van der Waals surface area contributed by atoms with E-state index in [1.54, 1.807) is 4.90 Å². The van der Waals surface area contributed by atoms with Crippen molar-refractivity contribution in [2.45, 2.75) is 13.8 Å². The minimum absolute atomic E-state index is 0.0362. The van der Waals surface area contributed by atoms with Crippen LogP contribution in [0.4, 0.5) is 5.82 Å². The molecule has 6 nitrogen and oxygen atoms in total. The van der Waals surface area contributed by atoms with Gasteiger partial charge in [0.1, 0.15) is 32.0 Å². The van der Waals surface area contributed by atoms with Crippen LogP contribution in [0.1, 0.15) is 11.1 Å². The zero-order valence-corrected chi connectivity index (χ0v) is 18.0. The third-order valence-electron chi connectivity index (χ3n) is 5.87. The highest BCUT2D eigenvalue weighted by Crippen LogP contribution is 2.28. The molecule has 3 aromatic rings. The number of nitrogens with one attached hydrogen (secondary N) is 3. The molecule has 1 amide bonds. The van der Waals surface area contributed by atoms with Gasteiger partial charge in [-0.15, -0.1) is 0 Å². The molecule has 156 valence electrons. The molecule has 0 unspecified atom stereocenters. The lowest BCUT2D eigenvalue weighted by Crippen LogP contribution is -3.27. The Labute approximate surface area is 178 Å². The van der Waals surface area contributed by atoms with Crippen LogP contribution >= 0.6 is 0 Å². The smallest absolute Gasteiger partial charge is 0.280 e. The summed E-state index contributed by atoms with van der Waals surface area (Å²) in [6.45, 7) is 8.96. The molecule has 1 aromatic heterocycles. The van der Waals surface area contributed by atoms with Crippen molar-refractivity contribution >= 4 is 11.7 Å². The van der Waals surface area contributed by atoms with E-state index in [4.69, 9.17) is 5.10 Å². The lowest BCUT2D eigenvalue weighted by Gasteiger charge is -2.26. The number of hydrogen-bond acceptors (Lipinski definition) is 2. The highest BCUT2D eigenvalue weighted by Gasteiger charge is 2.23. The summed E-state index contributed by atoms with van der Waals surface area (Å²) in [5, 5.41) is 7.98. The quantitative estimate of drug-likeness (QED) is 0.579. The van der Waals surface area contributed by atoms with Crippen molar-refractivity contribution in [3.63, 3.8) is 0 Å². The van der Waals surface area contributed by atoms with Crippen LogP contribution in [0.25, 0.3) is 16.9 Å². The van der Waals surface area contributed by atoms with Crippen molar-refractivity contribution in [2.75, 3.05) is 45.1 Å². The Morgan fingerprint density at radius 1 is 1.03 bits per heavy atom. The first kappa shape index (κ1) is 20.3. The van der Waals surface area contributed by atoms with E-state index in [2.05, 4.69) is 44.4 Å². The number of benzene rings is 2. The molecule has 0 spiro atoms. The zero-order valence-electron chi connectivity index (χ0n) is 18.0. The number of aryl methyl sites for hydroxylation is 2.